The zero-order chi connectivity index (χ0) is 22.4. The Kier molecular flexibility index (Phi) is 5.26. The summed E-state index contributed by atoms with van der Waals surface area (Å²) in [4.78, 5) is 11.5. The Balaban J connectivity index is 1.85. The largest absolute Gasteiger partial charge is 0.478 e. The number of nitrogens with zero attached hydrogens (tertiary/aromatic N) is 1. The molecule has 31 heavy (non-hydrogen) atoms. The molecule has 0 amide bonds. The highest BCUT2D eigenvalue weighted by Gasteiger charge is 2.32. The molecule has 0 saturated heterocycles. The molecule has 0 unspecified atom stereocenters. The first-order valence-corrected chi connectivity index (χ1v) is 13.2. The van der Waals surface area contributed by atoms with E-state index in [4.69, 9.17) is 0 Å². The lowest BCUT2D eigenvalue weighted by atomic mass is 10.1. The summed E-state index contributed by atoms with van der Waals surface area (Å²) >= 11 is 0. The van der Waals surface area contributed by atoms with Gasteiger partial charge in [0.2, 0.25) is 0 Å². The van der Waals surface area contributed by atoms with Crippen LogP contribution in [0.2, 0.25) is 0 Å². The third-order valence-corrected chi connectivity index (χ3v) is 8.14. The molecule has 0 spiro atoms. The molecule has 0 radical (unpaired) electrons. The summed E-state index contributed by atoms with van der Waals surface area (Å²) in [6.45, 7) is 0. The van der Waals surface area contributed by atoms with E-state index in [1.165, 1.54) is 24.3 Å². The van der Waals surface area contributed by atoms with Gasteiger partial charge in [-0.2, -0.15) is 0 Å². The SMILES string of the molecule is CS(=O)(=O)c1ccc(-n2cccc2)c(CS(=O)(=O)c2cc(C(=O)O)ccc2C2CC2)c1. The predicted octanol–water partition coefficient (Wildman–Crippen LogP) is 3.43. The molecule has 1 aliphatic rings. The minimum absolute atomic E-state index is 0.00175. The number of carbonyl (C=O) groups is 1. The van der Waals surface area contributed by atoms with Crippen molar-refractivity contribution in [3.63, 3.8) is 0 Å². The Hall–Kier alpha value is -2.91. The number of sulfone groups is 2. The summed E-state index contributed by atoms with van der Waals surface area (Å²) < 4.78 is 52.8. The third kappa shape index (κ3) is 4.42. The fourth-order valence-electron chi connectivity index (χ4n) is 3.61. The monoisotopic (exact) mass is 459 g/mol. The number of rotatable bonds is 7. The van der Waals surface area contributed by atoms with Gasteiger partial charge in [-0.3, -0.25) is 0 Å². The molecular formula is C22H21NO6S2. The van der Waals surface area contributed by atoms with Crippen molar-refractivity contribution in [1.82, 2.24) is 4.57 Å². The van der Waals surface area contributed by atoms with E-state index in [1.807, 2.05) is 0 Å². The highest BCUT2D eigenvalue weighted by Crippen LogP contribution is 2.43. The van der Waals surface area contributed by atoms with Crippen LogP contribution in [-0.2, 0) is 25.4 Å². The second-order valence-corrected chi connectivity index (χ2v) is 11.7. The van der Waals surface area contributed by atoms with Crippen molar-refractivity contribution in [3.8, 4) is 5.69 Å². The predicted molar refractivity (Wildman–Crippen MR) is 115 cm³/mol. The summed E-state index contributed by atoms with van der Waals surface area (Å²) in [7, 11) is -7.49. The summed E-state index contributed by atoms with van der Waals surface area (Å²) in [6.07, 6.45) is 6.26. The standard InChI is InChI=1S/C22H21NO6S2/c1-30(26,27)18-7-9-20(23-10-2-3-11-23)17(12-18)14-31(28,29)21-13-16(22(24)25)6-8-19(21)15-4-5-15/h2-3,6-13,15H,4-5,14H2,1H3,(H,24,25). The van der Waals surface area contributed by atoms with Crippen molar-refractivity contribution < 1.29 is 26.7 Å². The lowest BCUT2D eigenvalue weighted by molar-refractivity contribution is 0.0696. The summed E-state index contributed by atoms with van der Waals surface area (Å²) in [5.74, 6) is -1.56. The molecule has 162 valence electrons. The van der Waals surface area contributed by atoms with Gasteiger partial charge in [0.05, 0.1) is 21.1 Å². The first kappa shape index (κ1) is 21.3. The Morgan fingerprint density at radius 3 is 2.29 bits per heavy atom. The number of hydrogen-bond acceptors (Lipinski definition) is 5. The topological polar surface area (TPSA) is 111 Å². The molecule has 0 aliphatic heterocycles. The van der Waals surface area contributed by atoms with E-state index in [9.17, 15) is 26.7 Å². The maximum Gasteiger partial charge on any atom is 0.335 e. The summed E-state index contributed by atoms with van der Waals surface area (Å²) in [6, 6.07) is 12.2. The second-order valence-electron chi connectivity index (χ2n) is 7.74. The molecule has 4 rings (SSSR count). The Bertz CT molecular complexity index is 1370. The van der Waals surface area contributed by atoms with E-state index in [0.29, 0.717) is 16.8 Å². The van der Waals surface area contributed by atoms with E-state index in [2.05, 4.69) is 0 Å². The third-order valence-electron chi connectivity index (χ3n) is 5.32. The van der Waals surface area contributed by atoms with E-state index in [0.717, 1.165) is 19.1 Å². The quantitative estimate of drug-likeness (QED) is 0.580. The lowest BCUT2D eigenvalue weighted by Gasteiger charge is -2.15. The van der Waals surface area contributed by atoms with Gasteiger partial charge in [0.15, 0.2) is 19.7 Å². The molecule has 1 N–H and O–H groups in total. The lowest BCUT2D eigenvalue weighted by Crippen LogP contribution is -2.12. The van der Waals surface area contributed by atoms with Gasteiger partial charge in [0.1, 0.15) is 0 Å². The number of benzene rings is 2. The van der Waals surface area contributed by atoms with Crippen molar-refractivity contribution in [3.05, 3.63) is 77.6 Å². The Morgan fingerprint density at radius 2 is 1.71 bits per heavy atom. The average molecular weight is 460 g/mol. The number of carboxylic acid groups (broad SMARTS) is 1. The van der Waals surface area contributed by atoms with E-state index in [1.54, 1.807) is 41.2 Å². The van der Waals surface area contributed by atoms with Crippen LogP contribution in [0, 0.1) is 0 Å². The zero-order valence-corrected chi connectivity index (χ0v) is 18.4. The number of aromatic nitrogens is 1. The first-order chi connectivity index (χ1) is 14.6. The van der Waals surface area contributed by atoms with Crippen LogP contribution in [0.15, 0.2) is 70.7 Å². The minimum Gasteiger partial charge on any atom is -0.478 e. The van der Waals surface area contributed by atoms with E-state index < -0.39 is 31.4 Å². The fraction of sp³-hybridized carbons (Fsp3) is 0.227. The van der Waals surface area contributed by atoms with Crippen molar-refractivity contribution >= 4 is 25.6 Å². The van der Waals surface area contributed by atoms with E-state index >= 15 is 0 Å². The van der Waals surface area contributed by atoms with Crippen LogP contribution in [0.5, 0.6) is 0 Å². The van der Waals surface area contributed by atoms with Gasteiger partial charge in [-0.25, -0.2) is 21.6 Å². The van der Waals surface area contributed by atoms with Crippen LogP contribution in [0.1, 0.15) is 40.2 Å². The molecular weight excluding hydrogens is 438 g/mol. The minimum atomic E-state index is -3.95. The van der Waals surface area contributed by atoms with Gasteiger partial charge in [-0.15, -0.1) is 0 Å². The molecule has 0 bridgehead atoms. The molecule has 2 aromatic carbocycles. The highest BCUT2D eigenvalue weighted by molar-refractivity contribution is 7.91. The van der Waals surface area contributed by atoms with Gasteiger partial charge in [-0.1, -0.05) is 6.07 Å². The summed E-state index contributed by atoms with van der Waals surface area (Å²) in [5.41, 5.74) is 1.38. The molecule has 1 aromatic heterocycles. The van der Waals surface area contributed by atoms with Crippen molar-refractivity contribution in [2.75, 3.05) is 6.26 Å². The van der Waals surface area contributed by atoms with Gasteiger partial charge in [0, 0.05) is 24.3 Å². The maximum absolute atomic E-state index is 13.5. The number of aromatic carboxylic acids is 1. The first-order valence-electron chi connectivity index (χ1n) is 9.62. The van der Waals surface area contributed by atoms with Gasteiger partial charge in [0.25, 0.3) is 0 Å². The van der Waals surface area contributed by atoms with Crippen molar-refractivity contribution in [2.45, 2.75) is 34.3 Å². The molecule has 1 fully saturated rings. The molecule has 9 heteroatoms. The smallest absolute Gasteiger partial charge is 0.335 e. The van der Waals surface area contributed by atoms with Crippen LogP contribution in [-0.4, -0.2) is 38.7 Å². The second kappa shape index (κ2) is 7.65. The molecule has 1 saturated carbocycles. The number of carboxylic acids is 1. The van der Waals surface area contributed by atoms with Gasteiger partial charge in [-0.05, 0) is 72.4 Å². The zero-order valence-electron chi connectivity index (χ0n) is 16.7. The van der Waals surface area contributed by atoms with Crippen LogP contribution < -0.4 is 0 Å². The van der Waals surface area contributed by atoms with Crippen molar-refractivity contribution in [2.24, 2.45) is 0 Å². The molecule has 1 aliphatic carbocycles. The maximum atomic E-state index is 13.5. The molecule has 0 atom stereocenters. The highest BCUT2D eigenvalue weighted by atomic mass is 32.2. The van der Waals surface area contributed by atoms with Gasteiger partial charge >= 0.3 is 5.97 Å². The Labute approximate surface area is 180 Å². The molecule has 3 aromatic rings. The van der Waals surface area contributed by atoms with Crippen LogP contribution in [0.4, 0.5) is 0 Å². The average Bonchev–Trinajstić information content (AvgIpc) is 3.40. The van der Waals surface area contributed by atoms with Crippen LogP contribution in [0.3, 0.4) is 0 Å². The fourth-order valence-corrected chi connectivity index (χ4v) is 5.97. The normalized spacial score (nSPS) is 14.5. The van der Waals surface area contributed by atoms with Crippen molar-refractivity contribution in [1.29, 1.82) is 0 Å². The van der Waals surface area contributed by atoms with Gasteiger partial charge < -0.3 is 9.67 Å². The van der Waals surface area contributed by atoms with E-state index in [-0.39, 0.29) is 21.3 Å². The Morgan fingerprint density at radius 1 is 1.03 bits per heavy atom. The van der Waals surface area contributed by atoms with Crippen LogP contribution >= 0.6 is 0 Å². The molecule has 1 heterocycles. The number of hydrogen-bond donors (Lipinski definition) is 1. The summed E-state index contributed by atoms with van der Waals surface area (Å²) in [5, 5.41) is 9.34. The molecule has 7 nitrogen and oxygen atoms in total. The van der Waals surface area contributed by atoms with Crippen LogP contribution in [0.25, 0.3) is 5.69 Å².